The first-order chi connectivity index (χ1) is 11.9. The SMILES string of the molecule is FC(F)(F)c1coc2ccc(C3=N[C@@]4(CN5CCC4CC5)ON3)cc12. The van der Waals surface area contributed by atoms with Gasteiger partial charge in [-0.15, -0.1) is 0 Å². The monoisotopic (exact) mass is 351 g/mol. The minimum Gasteiger partial charge on any atom is -0.464 e. The molecule has 0 radical (unpaired) electrons. The van der Waals surface area contributed by atoms with Gasteiger partial charge in [0, 0.05) is 16.9 Å². The van der Waals surface area contributed by atoms with Gasteiger partial charge in [0.1, 0.15) is 17.4 Å². The molecule has 2 aromatic rings. The van der Waals surface area contributed by atoms with Crippen LogP contribution in [0.3, 0.4) is 0 Å². The van der Waals surface area contributed by atoms with Crippen LogP contribution in [0.25, 0.3) is 11.0 Å². The van der Waals surface area contributed by atoms with Crippen LogP contribution in [0.15, 0.2) is 33.9 Å². The second-order valence-corrected chi connectivity index (χ2v) is 6.92. The molecule has 0 unspecified atom stereocenters. The highest BCUT2D eigenvalue weighted by Crippen LogP contribution is 2.41. The summed E-state index contributed by atoms with van der Waals surface area (Å²) in [5.74, 6) is 0.816. The molecule has 3 saturated heterocycles. The van der Waals surface area contributed by atoms with E-state index in [1.54, 1.807) is 6.07 Å². The van der Waals surface area contributed by atoms with Crippen LogP contribution in [-0.2, 0) is 11.0 Å². The van der Waals surface area contributed by atoms with Gasteiger partial charge in [0.2, 0.25) is 5.72 Å². The zero-order valence-electron chi connectivity index (χ0n) is 13.3. The van der Waals surface area contributed by atoms with E-state index in [1.165, 1.54) is 12.1 Å². The number of nitrogens with zero attached hydrogens (tertiary/aromatic N) is 2. The van der Waals surface area contributed by atoms with Gasteiger partial charge >= 0.3 is 6.18 Å². The second kappa shape index (κ2) is 4.98. The summed E-state index contributed by atoms with van der Waals surface area (Å²) in [6.45, 7) is 2.82. The number of hydroxylamine groups is 1. The molecule has 4 aliphatic rings. The van der Waals surface area contributed by atoms with Crippen LogP contribution < -0.4 is 5.48 Å². The topological polar surface area (TPSA) is 50.0 Å². The quantitative estimate of drug-likeness (QED) is 0.858. The van der Waals surface area contributed by atoms with Gasteiger partial charge in [-0.3, -0.25) is 4.90 Å². The number of hydrogen-bond acceptors (Lipinski definition) is 5. The van der Waals surface area contributed by atoms with Crippen LogP contribution in [-0.4, -0.2) is 36.1 Å². The molecule has 8 heteroatoms. The summed E-state index contributed by atoms with van der Waals surface area (Å²) in [7, 11) is 0. The molecule has 4 aliphatic heterocycles. The smallest absolute Gasteiger partial charge is 0.420 e. The molecule has 132 valence electrons. The molecular formula is C17H16F3N3O2. The van der Waals surface area contributed by atoms with E-state index in [1.807, 2.05) is 0 Å². The van der Waals surface area contributed by atoms with Gasteiger partial charge in [-0.1, -0.05) is 0 Å². The van der Waals surface area contributed by atoms with Gasteiger partial charge in [0.05, 0.1) is 6.54 Å². The molecule has 25 heavy (non-hydrogen) atoms. The summed E-state index contributed by atoms with van der Waals surface area (Å²) in [6, 6.07) is 4.68. The molecule has 0 aliphatic carbocycles. The first kappa shape index (κ1) is 15.2. The minimum absolute atomic E-state index is 0.0318. The Morgan fingerprint density at radius 1 is 1.24 bits per heavy atom. The fraction of sp³-hybridized carbons (Fsp3) is 0.471. The summed E-state index contributed by atoms with van der Waals surface area (Å²) in [5.41, 5.74) is 2.21. The van der Waals surface area contributed by atoms with Gasteiger partial charge in [-0.2, -0.15) is 13.2 Å². The third-order valence-electron chi connectivity index (χ3n) is 5.45. The maximum absolute atomic E-state index is 13.1. The Kier molecular flexibility index (Phi) is 3.03. The molecule has 5 heterocycles. The molecule has 0 saturated carbocycles. The fourth-order valence-corrected chi connectivity index (χ4v) is 4.12. The Balaban J connectivity index is 1.54. The van der Waals surface area contributed by atoms with Gasteiger partial charge in [-0.05, 0) is 44.1 Å². The largest absolute Gasteiger partial charge is 0.464 e. The van der Waals surface area contributed by atoms with Crippen LogP contribution in [0.5, 0.6) is 0 Å². The Hall–Kier alpha value is -2.06. The van der Waals surface area contributed by atoms with Gasteiger partial charge < -0.3 is 4.42 Å². The molecule has 2 bridgehead atoms. The number of nitrogens with one attached hydrogen (secondary N) is 1. The number of halogens is 3. The molecule has 1 aromatic carbocycles. The molecule has 1 N–H and O–H groups in total. The lowest BCUT2D eigenvalue weighted by Gasteiger charge is -2.47. The van der Waals surface area contributed by atoms with Crippen LogP contribution >= 0.6 is 0 Å². The standard InChI is InChI=1S/C17H16F3N3O2/c18-17(19,20)13-8-24-14-2-1-10(7-12(13)14)15-21-16(25-22-15)9-23-5-3-11(16)4-6-23/h1-2,7-8,11H,3-6,9H2,(H,21,22)/t16-/m0/s1. The van der Waals surface area contributed by atoms with Gasteiger partial charge in [-0.25, -0.2) is 15.3 Å². The first-order valence-electron chi connectivity index (χ1n) is 8.30. The van der Waals surface area contributed by atoms with Crippen molar-refractivity contribution in [3.8, 4) is 0 Å². The van der Waals surface area contributed by atoms with Crippen LogP contribution in [0.1, 0.15) is 24.0 Å². The van der Waals surface area contributed by atoms with E-state index in [0.29, 0.717) is 17.3 Å². The van der Waals surface area contributed by atoms with Crippen molar-refractivity contribution in [2.75, 3.05) is 19.6 Å². The summed E-state index contributed by atoms with van der Waals surface area (Å²) in [5, 5.41) is 0.0318. The van der Waals surface area contributed by atoms with Crippen LogP contribution in [0, 0.1) is 5.92 Å². The number of alkyl halides is 3. The second-order valence-electron chi connectivity index (χ2n) is 6.92. The average Bonchev–Trinajstić information content (AvgIpc) is 3.19. The minimum atomic E-state index is -4.46. The van der Waals surface area contributed by atoms with Gasteiger partial charge in [0.15, 0.2) is 5.84 Å². The number of aliphatic imine (C=N–C) groups is 1. The zero-order valence-corrected chi connectivity index (χ0v) is 13.3. The summed E-state index contributed by atoms with van der Waals surface area (Å²) >= 11 is 0. The normalized spacial score (nSPS) is 31.6. The Bertz CT molecular complexity index is 868. The van der Waals surface area contributed by atoms with Crippen molar-refractivity contribution in [1.82, 2.24) is 10.4 Å². The molecular weight excluding hydrogens is 335 g/mol. The van der Waals surface area contributed by atoms with Crippen molar-refractivity contribution >= 4 is 16.8 Å². The van der Waals surface area contributed by atoms with Crippen molar-refractivity contribution < 1.29 is 22.4 Å². The molecule has 1 aromatic heterocycles. The van der Waals surface area contributed by atoms with E-state index in [-0.39, 0.29) is 11.0 Å². The number of amidine groups is 1. The summed E-state index contributed by atoms with van der Waals surface area (Å²) < 4.78 is 44.4. The average molecular weight is 351 g/mol. The van der Waals surface area contributed by atoms with Gasteiger partial charge in [0.25, 0.3) is 0 Å². The molecule has 6 rings (SSSR count). The van der Waals surface area contributed by atoms with Crippen LogP contribution in [0.4, 0.5) is 13.2 Å². The predicted molar refractivity (Wildman–Crippen MR) is 83.9 cm³/mol. The highest BCUT2D eigenvalue weighted by molar-refractivity contribution is 6.02. The molecule has 1 atom stereocenters. The van der Waals surface area contributed by atoms with E-state index in [0.717, 1.165) is 38.7 Å². The highest BCUT2D eigenvalue weighted by atomic mass is 19.4. The summed E-state index contributed by atoms with van der Waals surface area (Å²) in [6.07, 6.45) is -1.65. The first-order valence-corrected chi connectivity index (χ1v) is 8.30. The van der Waals surface area contributed by atoms with E-state index in [9.17, 15) is 13.2 Å². The zero-order chi connectivity index (χ0) is 17.2. The number of benzene rings is 1. The van der Waals surface area contributed by atoms with Crippen molar-refractivity contribution in [2.24, 2.45) is 10.9 Å². The van der Waals surface area contributed by atoms with E-state index < -0.39 is 17.5 Å². The lowest BCUT2D eigenvalue weighted by Crippen LogP contribution is -2.58. The number of hydrogen-bond donors (Lipinski definition) is 1. The molecule has 5 nitrogen and oxygen atoms in total. The summed E-state index contributed by atoms with van der Waals surface area (Å²) in [4.78, 5) is 12.9. The molecule has 0 amide bonds. The van der Waals surface area contributed by atoms with E-state index in [2.05, 4.69) is 10.4 Å². The third-order valence-corrected chi connectivity index (χ3v) is 5.45. The Morgan fingerprint density at radius 3 is 2.72 bits per heavy atom. The van der Waals surface area contributed by atoms with Crippen molar-refractivity contribution in [3.63, 3.8) is 0 Å². The highest BCUT2D eigenvalue weighted by Gasteiger charge is 2.51. The van der Waals surface area contributed by atoms with Crippen LogP contribution in [0.2, 0.25) is 0 Å². The molecule has 3 fully saturated rings. The maximum Gasteiger partial charge on any atom is 0.420 e. The maximum atomic E-state index is 13.1. The lowest BCUT2D eigenvalue weighted by molar-refractivity contribution is -0.155. The third kappa shape index (κ3) is 2.27. The molecule has 1 spiro atoms. The predicted octanol–water partition coefficient (Wildman–Crippen LogP) is 3.15. The van der Waals surface area contributed by atoms with Crippen molar-refractivity contribution in [1.29, 1.82) is 0 Å². The fourth-order valence-electron chi connectivity index (χ4n) is 4.12. The Morgan fingerprint density at radius 2 is 2.04 bits per heavy atom. The van der Waals surface area contributed by atoms with Crippen molar-refractivity contribution in [2.45, 2.75) is 24.7 Å². The van der Waals surface area contributed by atoms with E-state index in [4.69, 9.17) is 14.2 Å². The number of rotatable bonds is 1. The lowest BCUT2D eigenvalue weighted by atomic mass is 9.81. The Labute approximate surface area is 141 Å². The van der Waals surface area contributed by atoms with Crippen molar-refractivity contribution in [3.05, 3.63) is 35.6 Å². The number of piperidine rings is 3. The number of furan rings is 1. The van der Waals surface area contributed by atoms with E-state index >= 15 is 0 Å². The number of fused-ring (bicyclic) bond motifs is 3.